The largest absolute Gasteiger partial charge is 0.495 e. The van der Waals surface area contributed by atoms with Gasteiger partial charge in [0, 0.05) is 19.2 Å². The summed E-state index contributed by atoms with van der Waals surface area (Å²) in [5.41, 5.74) is 0.191. The number of hydrogen-bond donors (Lipinski definition) is 1. The SMILES string of the molecule is C/C=C/C=C/C(=O)OCC(=O)Nc1cc(S(=O)(=O)N2CCCCC2)ccc1OC. The molecule has 1 aliphatic heterocycles. The number of benzene rings is 1. The summed E-state index contributed by atoms with van der Waals surface area (Å²) in [6, 6.07) is 4.29. The van der Waals surface area contributed by atoms with E-state index in [0.717, 1.165) is 19.3 Å². The lowest BCUT2D eigenvalue weighted by molar-refractivity contribution is -0.142. The average molecular weight is 423 g/mol. The Kier molecular flexibility index (Phi) is 8.41. The third-order valence-electron chi connectivity index (χ3n) is 4.28. The van der Waals surface area contributed by atoms with Crippen LogP contribution in [0, 0.1) is 0 Å². The monoisotopic (exact) mass is 422 g/mol. The highest BCUT2D eigenvalue weighted by molar-refractivity contribution is 7.89. The van der Waals surface area contributed by atoms with E-state index < -0.39 is 28.5 Å². The minimum Gasteiger partial charge on any atom is -0.495 e. The zero-order valence-electron chi connectivity index (χ0n) is 16.6. The zero-order chi connectivity index (χ0) is 21.3. The lowest BCUT2D eigenvalue weighted by atomic mass is 10.2. The van der Waals surface area contributed by atoms with Crippen LogP contribution in [0.3, 0.4) is 0 Å². The zero-order valence-corrected chi connectivity index (χ0v) is 17.4. The van der Waals surface area contributed by atoms with Gasteiger partial charge in [0.1, 0.15) is 5.75 Å². The molecule has 8 nitrogen and oxygen atoms in total. The van der Waals surface area contributed by atoms with Crippen LogP contribution in [0.4, 0.5) is 5.69 Å². The molecule has 1 N–H and O–H groups in total. The molecule has 9 heteroatoms. The number of ether oxygens (including phenoxy) is 2. The second kappa shape index (κ2) is 10.8. The number of hydrogen-bond acceptors (Lipinski definition) is 6. The first kappa shape index (κ1) is 22.6. The van der Waals surface area contributed by atoms with Gasteiger partial charge in [0.25, 0.3) is 5.91 Å². The summed E-state index contributed by atoms with van der Waals surface area (Å²) in [5.74, 6) is -0.967. The van der Waals surface area contributed by atoms with E-state index in [4.69, 9.17) is 9.47 Å². The van der Waals surface area contributed by atoms with Gasteiger partial charge in [-0.2, -0.15) is 4.31 Å². The number of anilines is 1. The minimum absolute atomic E-state index is 0.0711. The number of rotatable bonds is 8. The van der Waals surface area contributed by atoms with Crippen molar-refractivity contribution in [3.05, 3.63) is 42.5 Å². The van der Waals surface area contributed by atoms with Gasteiger partial charge in [0.15, 0.2) is 6.61 Å². The fraction of sp³-hybridized carbons (Fsp3) is 0.400. The smallest absolute Gasteiger partial charge is 0.331 e. The molecule has 1 aromatic carbocycles. The van der Waals surface area contributed by atoms with Gasteiger partial charge in [-0.3, -0.25) is 4.79 Å². The van der Waals surface area contributed by atoms with Crippen LogP contribution in [0.1, 0.15) is 26.2 Å². The van der Waals surface area contributed by atoms with Gasteiger partial charge in [0.2, 0.25) is 10.0 Å². The van der Waals surface area contributed by atoms with Crippen LogP contribution in [0.2, 0.25) is 0 Å². The maximum atomic E-state index is 12.9. The third-order valence-corrected chi connectivity index (χ3v) is 6.17. The van der Waals surface area contributed by atoms with E-state index in [9.17, 15) is 18.0 Å². The van der Waals surface area contributed by atoms with E-state index in [0.29, 0.717) is 18.8 Å². The van der Waals surface area contributed by atoms with Crippen LogP contribution >= 0.6 is 0 Å². The predicted octanol–water partition coefficient (Wildman–Crippen LogP) is 2.48. The normalized spacial score (nSPS) is 15.5. The highest BCUT2D eigenvalue weighted by Crippen LogP contribution is 2.29. The van der Waals surface area contributed by atoms with Crippen LogP contribution < -0.4 is 10.1 Å². The summed E-state index contributed by atoms with van der Waals surface area (Å²) >= 11 is 0. The second-order valence-electron chi connectivity index (χ2n) is 6.37. The number of nitrogens with one attached hydrogen (secondary N) is 1. The van der Waals surface area contributed by atoms with Crippen molar-refractivity contribution in [3.8, 4) is 5.75 Å². The summed E-state index contributed by atoms with van der Waals surface area (Å²) in [5, 5.41) is 2.54. The lowest BCUT2D eigenvalue weighted by Gasteiger charge is -2.26. The van der Waals surface area contributed by atoms with E-state index in [1.54, 1.807) is 19.1 Å². The first-order valence-electron chi connectivity index (χ1n) is 9.32. The first-order chi connectivity index (χ1) is 13.9. The summed E-state index contributed by atoms with van der Waals surface area (Å²) in [4.78, 5) is 23.7. The molecule has 1 saturated heterocycles. The molecule has 158 valence electrons. The van der Waals surface area contributed by atoms with Gasteiger partial charge < -0.3 is 14.8 Å². The van der Waals surface area contributed by atoms with Crippen LogP contribution in [-0.4, -0.2) is 51.4 Å². The highest BCUT2D eigenvalue weighted by atomic mass is 32.2. The van der Waals surface area contributed by atoms with Crippen molar-refractivity contribution in [1.29, 1.82) is 0 Å². The summed E-state index contributed by atoms with van der Waals surface area (Å²) in [6.07, 6.45) is 8.75. The number of methoxy groups -OCH3 is 1. The van der Waals surface area contributed by atoms with E-state index in [-0.39, 0.29) is 10.6 Å². The van der Waals surface area contributed by atoms with Crippen molar-refractivity contribution >= 4 is 27.6 Å². The molecule has 1 aliphatic rings. The van der Waals surface area contributed by atoms with Crippen LogP contribution in [0.15, 0.2) is 47.4 Å². The molecule has 29 heavy (non-hydrogen) atoms. The third kappa shape index (κ3) is 6.43. The molecule has 0 radical (unpaired) electrons. The second-order valence-corrected chi connectivity index (χ2v) is 8.31. The topological polar surface area (TPSA) is 102 Å². The summed E-state index contributed by atoms with van der Waals surface area (Å²) in [6.45, 7) is 2.25. The number of amides is 1. The molecule has 0 aromatic heterocycles. The number of sulfonamides is 1. The standard InChI is InChI=1S/C20H26N2O6S/c1-3-4-6-9-20(24)28-15-19(23)21-17-14-16(10-11-18(17)27-2)29(25,26)22-12-7-5-8-13-22/h3-4,6,9-11,14H,5,7-8,12-13,15H2,1-2H3,(H,21,23)/b4-3+,9-6+. The fourth-order valence-electron chi connectivity index (χ4n) is 2.82. The Hall–Kier alpha value is -2.65. The Morgan fingerprint density at radius 1 is 1.17 bits per heavy atom. The van der Waals surface area contributed by atoms with Gasteiger partial charge in [-0.1, -0.05) is 24.6 Å². The van der Waals surface area contributed by atoms with E-state index in [1.807, 2.05) is 0 Å². The Morgan fingerprint density at radius 3 is 2.55 bits per heavy atom. The Morgan fingerprint density at radius 2 is 1.90 bits per heavy atom. The Balaban J connectivity index is 2.10. The molecule has 0 atom stereocenters. The molecular weight excluding hydrogens is 396 g/mol. The molecule has 2 rings (SSSR count). The lowest BCUT2D eigenvalue weighted by Crippen LogP contribution is -2.35. The van der Waals surface area contributed by atoms with Gasteiger partial charge in [-0.25, -0.2) is 13.2 Å². The van der Waals surface area contributed by atoms with Crippen molar-refractivity contribution in [2.45, 2.75) is 31.1 Å². The molecule has 0 spiro atoms. The fourth-order valence-corrected chi connectivity index (χ4v) is 4.36. The van der Waals surface area contributed by atoms with Crippen LogP contribution in [0.25, 0.3) is 0 Å². The molecule has 1 amide bonds. The van der Waals surface area contributed by atoms with Crippen molar-refractivity contribution in [1.82, 2.24) is 4.31 Å². The maximum absolute atomic E-state index is 12.9. The van der Waals surface area contributed by atoms with Crippen LogP contribution in [-0.2, 0) is 24.3 Å². The van der Waals surface area contributed by atoms with E-state index >= 15 is 0 Å². The number of esters is 1. The molecule has 1 fully saturated rings. The number of carbonyl (C=O) groups excluding carboxylic acids is 2. The average Bonchev–Trinajstić information content (AvgIpc) is 2.73. The maximum Gasteiger partial charge on any atom is 0.331 e. The molecule has 1 aromatic rings. The number of piperidine rings is 1. The molecule has 1 heterocycles. The molecule has 0 aliphatic carbocycles. The van der Waals surface area contributed by atoms with Gasteiger partial charge in [0.05, 0.1) is 17.7 Å². The number of allylic oxidation sites excluding steroid dienone is 3. The van der Waals surface area contributed by atoms with E-state index in [2.05, 4.69) is 5.32 Å². The van der Waals surface area contributed by atoms with Gasteiger partial charge >= 0.3 is 5.97 Å². The number of carbonyl (C=O) groups is 2. The number of nitrogens with zero attached hydrogens (tertiary/aromatic N) is 1. The first-order valence-corrected chi connectivity index (χ1v) is 10.8. The van der Waals surface area contributed by atoms with E-state index in [1.165, 1.54) is 41.8 Å². The van der Waals surface area contributed by atoms with Crippen LogP contribution in [0.5, 0.6) is 5.75 Å². The van der Waals surface area contributed by atoms with Gasteiger partial charge in [-0.05, 0) is 38.0 Å². The summed E-state index contributed by atoms with van der Waals surface area (Å²) in [7, 11) is -2.25. The van der Waals surface area contributed by atoms with Crippen molar-refractivity contribution < 1.29 is 27.5 Å². The van der Waals surface area contributed by atoms with Crippen molar-refractivity contribution in [2.75, 3.05) is 32.1 Å². The molecule has 0 bridgehead atoms. The Labute approximate surface area is 171 Å². The molecule has 0 saturated carbocycles. The molecular formula is C20H26N2O6S. The molecule has 0 unspecified atom stereocenters. The Bertz CT molecular complexity index is 886. The highest BCUT2D eigenvalue weighted by Gasteiger charge is 2.27. The van der Waals surface area contributed by atoms with Crippen molar-refractivity contribution in [2.24, 2.45) is 0 Å². The van der Waals surface area contributed by atoms with Gasteiger partial charge in [-0.15, -0.1) is 0 Å². The minimum atomic E-state index is -3.66. The quantitative estimate of drug-likeness (QED) is 0.392. The predicted molar refractivity (Wildman–Crippen MR) is 109 cm³/mol. The summed E-state index contributed by atoms with van der Waals surface area (Å²) < 4.78 is 37.2. The van der Waals surface area contributed by atoms with Crippen molar-refractivity contribution in [3.63, 3.8) is 0 Å².